The predicted molar refractivity (Wildman–Crippen MR) is 72.9 cm³/mol. The summed E-state index contributed by atoms with van der Waals surface area (Å²) in [5.41, 5.74) is 10.1. The van der Waals surface area contributed by atoms with Crippen molar-refractivity contribution in [2.24, 2.45) is 5.73 Å². The molecule has 1 heterocycles. The summed E-state index contributed by atoms with van der Waals surface area (Å²) in [6, 6.07) is 7.94. The van der Waals surface area contributed by atoms with Crippen LogP contribution in [-0.4, -0.2) is 4.98 Å². The van der Waals surface area contributed by atoms with Crippen molar-refractivity contribution in [2.75, 3.05) is 0 Å². The molecule has 0 fully saturated rings. The number of ether oxygens (including phenoxy) is 1. The van der Waals surface area contributed by atoms with Crippen molar-refractivity contribution in [3.63, 3.8) is 0 Å². The smallest absolute Gasteiger partial charge is 0.219 e. The zero-order valence-electron chi connectivity index (χ0n) is 11.0. The molecule has 0 saturated carbocycles. The summed E-state index contributed by atoms with van der Waals surface area (Å²) >= 11 is 0. The second-order valence-corrected chi connectivity index (χ2v) is 4.51. The number of nitrogens with two attached hydrogens (primary N) is 1. The minimum atomic E-state index is 0.496. The fourth-order valence-corrected chi connectivity index (χ4v) is 1.75. The van der Waals surface area contributed by atoms with E-state index in [1.807, 2.05) is 25.1 Å². The van der Waals surface area contributed by atoms with Crippen LogP contribution in [0.1, 0.15) is 22.3 Å². The third-order valence-electron chi connectivity index (χ3n) is 3.04. The summed E-state index contributed by atoms with van der Waals surface area (Å²) in [5, 5.41) is 0. The molecule has 2 rings (SSSR count). The van der Waals surface area contributed by atoms with Gasteiger partial charge in [0.1, 0.15) is 5.75 Å². The first-order valence-electron chi connectivity index (χ1n) is 6.01. The lowest BCUT2D eigenvalue weighted by atomic mass is 10.1. The maximum atomic E-state index is 5.79. The number of pyridine rings is 1. The van der Waals surface area contributed by atoms with E-state index in [-0.39, 0.29) is 0 Å². The molecule has 3 heteroatoms. The summed E-state index contributed by atoms with van der Waals surface area (Å²) < 4.78 is 5.79. The standard InChI is InChI=1S/C15H18N2O/c1-10-6-12(3)14(7-11(10)2)18-15-5-4-13(8-16)9-17-15/h4-7,9H,8,16H2,1-3H3. The van der Waals surface area contributed by atoms with E-state index in [1.54, 1.807) is 6.20 Å². The van der Waals surface area contributed by atoms with E-state index < -0.39 is 0 Å². The average molecular weight is 242 g/mol. The van der Waals surface area contributed by atoms with Crippen LogP contribution in [0.5, 0.6) is 11.6 Å². The Morgan fingerprint density at radius 1 is 1.06 bits per heavy atom. The highest BCUT2D eigenvalue weighted by Crippen LogP contribution is 2.26. The maximum Gasteiger partial charge on any atom is 0.219 e. The Balaban J connectivity index is 2.25. The van der Waals surface area contributed by atoms with Crippen molar-refractivity contribution >= 4 is 0 Å². The van der Waals surface area contributed by atoms with Crippen molar-refractivity contribution in [3.8, 4) is 11.6 Å². The molecular formula is C15H18N2O. The van der Waals surface area contributed by atoms with E-state index in [9.17, 15) is 0 Å². The Kier molecular flexibility index (Phi) is 3.63. The van der Waals surface area contributed by atoms with E-state index in [2.05, 4.69) is 24.9 Å². The number of nitrogens with zero attached hydrogens (tertiary/aromatic N) is 1. The Bertz CT molecular complexity index is 547. The van der Waals surface area contributed by atoms with Crippen LogP contribution >= 0.6 is 0 Å². The van der Waals surface area contributed by atoms with Crippen molar-refractivity contribution in [1.82, 2.24) is 4.98 Å². The van der Waals surface area contributed by atoms with Crippen LogP contribution in [0.3, 0.4) is 0 Å². The molecule has 2 N–H and O–H groups in total. The zero-order valence-corrected chi connectivity index (χ0v) is 11.0. The number of hydrogen-bond donors (Lipinski definition) is 1. The second kappa shape index (κ2) is 5.19. The third-order valence-corrected chi connectivity index (χ3v) is 3.04. The molecule has 2 aromatic rings. The first-order chi connectivity index (χ1) is 8.60. The molecule has 0 radical (unpaired) electrons. The molecule has 1 aromatic carbocycles. The normalized spacial score (nSPS) is 10.4. The fourth-order valence-electron chi connectivity index (χ4n) is 1.75. The molecule has 0 aliphatic carbocycles. The van der Waals surface area contributed by atoms with E-state index in [4.69, 9.17) is 10.5 Å². The summed E-state index contributed by atoms with van der Waals surface area (Å²) in [6.45, 7) is 6.71. The van der Waals surface area contributed by atoms with Gasteiger partial charge < -0.3 is 10.5 Å². The van der Waals surface area contributed by atoms with Crippen molar-refractivity contribution < 1.29 is 4.74 Å². The van der Waals surface area contributed by atoms with E-state index in [0.29, 0.717) is 12.4 Å². The molecule has 94 valence electrons. The summed E-state index contributed by atoms with van der Waals surface area (Å²) in [5.74, 6) is 1.45. The lowest BCUT2D eigenvalue weighted by Gasteiger charge is -2.10. The van der Waals surface area contributed by atoms with Gasteiger partial charge in [-0.25, -0.2) is 4.98 Å². The minimum absolute atomic E-state index is 0.496. The fraction of sp³-hybridized carbons (Fsp3) is 0.267. The summed E-state index contributed by atoms with van der Waals surface area (Å²) in [7, 11) is 0. The number of hydrogen-bond acceptors (Lipinski definition) is 3. The van der Waals surface area contributed by atoms with E-state index in [1.165, 1.54) is 11.1 Å². The van der Waals surface area contributed by atoms with Gasteiger partial charge in [-0.3, -0.25) is 0 Å². The first kappa shape index (κ1) is 12.6. The minimum Gasteiger partial charge on any atom is -0.439 e. The van der Waals surface area contributed by atoms with Gasteiger partial charge in [0.05, 0.1) is 0 Å². The Labute approximate surface area is 108 Å². The molecule has 0 saturated heterocycles. The van der Waals surface area contributed by atoms with Gasteiger partial charge in [0.2, 0.25) is 5.88 Å². The van der Waals surface area contributed by atoms with Crippen LogP contribution in [0.4, 0.5) is 0 Å². The molecule has 0 aliphatic heterocycles. The highest BCUT2D eigenvalue weighted by Gasteiger charge is 2.05. The van der Waals surface area contributed by atoms with Gasteiger partial charge in [0.15, 0.2) is 0 Å². The SMILES string of the molecule is Cc1cc(C)c(Oc2ccc(CN)cn2)cc1C. The summed E-state index contributed by atoms with van der Waals surface area (Å²) in [6.07, 6.45) is 1.74. The summed E-state index contributed by atoms with van der Waals surface area (Å²) in [4.78, 5) is 4.24. The molecule has 0 spiro atoms. The monoisotopic (exact) mass is 242 g/mol. The van der Waals surface area contributed by atoms with Gasteiger partial charge in [0, 0.05) is 18.8 Å². The molecule has 0 aliphatic rings. The van der Waals surface area contributed by atoms with Gasteiger partial charge in [-0.05, 0) is 49.1 Å². The van der Waals surface area contributed by atoms with Gasteiger partial charge in [-0.1, -0.05) is 12.1 Å². The molecule has 0 amide bonds. The molecule has 1 aromatic heterocycles. The number of aryl methyl sites for hydroxylation is 3. The molecular weight excluding hydrogens is 224 g/mol. The topological polar surface area (TPSA) is 48.1 Å². The lowest BCUT2D eigenvalue weighted by Crippen LogP contribution is -1.98. The molecule has 0 bridgehead atoms. The van der Waals surface area contributed by atoms with Crippen LogP contribution in [0.25, 0.3) is 0 Å². The molecule has 0 unspecified atom stereocenters. The number of benzene rings is 1. The quantitative estimate of drug-likeness (QED) is 0.898. The second-order valence-electron chi connectivity index (χ2n) is 4.51. The largest absolute Gasteiger partial charge is 0.439 e. The predicted octanol–water partition coefficient (Wildman–Crippen LogP) is 3.26. The third kappa shape index (κ3) is 2.68. The van der Waals surface area contributed by atoms with Crippen molar-refractivity contribution in [1.29, 1.82) is 0 Å². The zero-order chi connectivity index (χ0) is 13.1. The number of aromatic nitrogens is 1. The maximum absolute atomic E-state index is 5.79. The molecule has 18 heavy (non-hydrogen) atoms. The van der Waals surface area contributed by atoms with Crippen LogP contribution in [0, 0.1) is 20.8 Å². The van der Waals surface area contributed by atoms with Crippen LogP contribution in [-0.2, 0) is 6.54 Å². The number of rotatable bonds is 3. The van der Waals surface area contributed by atoms with Gasteiger partial charge in [-0.15, -0.1) is 0 Å². The van der Waals surface area contributed by atoms with Crippen LogP contribution in [0.15, 0.2) is 30.5 Å². The highest BCUT2D eigenvalue weighted by molar-refractivity contribution is 5.42. The van der Waals surface area contributed by atoms with Gasteiger partial charge in [-0.2, -0.15) is 0 Å². The first-order valence-corrected chi connectivity index (χ1v) is 6.01. The van der Waals surface area contributed by atoms with E-state index in [0.717, 1.165) is 16.9 Å². The molecule has 3 nitrogen and oxygen atoms in total. The Hall–Kier alpha value is -1.87. The van der Waals surface area contributed by atoms with Gasteiger partial charge >= 0.3 is 0 Å². The van der Waals surface area contributed by atoms with Crippen molar-refractivity contribution in [3.05, 3.63) is 52.7 Å². The van der Waals surface area contributed by atoms with E-state index >= 15 is 0 Å². The Morgan fingerprint density at radius 2 is 1.78 bits per heavy atom. The molecule has 0 atom stereocenters. The highest BCUT2D eigenvalue weighted by atomic mass is 16.5. The van der Waals surface area contributed by atoms with Crippen molar-refractivity contribution in [2.45, 2.75) is 27.3 Å². The Morgan fingerprint density at radius 3 is 2.39 bits per heavy atom. The lowest BCUT2D eigenvalue weighted by molar-refractivity contribution is 0.458. The average Bonchev–Trinajstić information content (AvgIpc) is 2.37. The van der Waals surface area contributed by atoms with Gasteiger partial charge in [0.25, 0.3) is 0 Å². The van der Waals surface area contributed by atoms with Crippen LogP contribution < -0.4 is 10.5 Å². The van der Waals surface area contributed by atoms with Crippen LogP contribution in [0.2, 0.25) is 0 Å².